The van der Waals surface area contributed by atoms with Crippen molar-refractivity contribution < 1.29 is 18.0 Å². The number of aryl methyl sites for hydroxylation is 2. The Morgan fingerprint density at radius 1 is 1.07 bits per heavy atom. The van der Waals surface area contributed by atoms with Crippen LogP contribution in [0.4, 0.5) is 0 Å². The van der Waals surface area contributed by atoms with Crippen LogP contribution >= 0.6 is 0 Å². The van der Waals surface area contributed by atoms with E-state index in [9.17, 15) is 18.0 Å². The summed E-state index contributed by atoms with van der Waals surface area (Å²) in [6, 6.07) is 8.61. The number of hydrogen-bond donors (Lipinski definition) is 1. The lowest BCUT2D eigenvalue weighted by Gasteiger charge is -2.34. The highest BCUT2D eigenvalue weighted by molar-refractivity contribution is 7.89. The second kappa shape index (κ2) is 7.16. The van der Waals surface area contributed by atoms with Gasteiger partial charge in [0, 0.05) is 45.0 Å². The van der Waals surface area contributed by atoms with Gasteiger partial charge >= 0.3 is 0 Å². The van der Waals surface area contributed by atoms with Gasteiger partial charge in [0.15, 0.2) is 0 Å². The molecule has 2 N–H and O–H groups in total. The first kappa shape index (κ1) is 19.1. The summed E-state index contributed by atoms with van der Waals surface area (Å²) in [6.07, 6.45) is 1.38. The van der Waals surface area contributed by atoms with Gasteiger partial charge in [0.1, 0.15) is 10.6 Å². The number of amides is 2. The second-order valence-electron chi connectivity index (χ2n) is 6.55. The molecular weight excluding hydrogens is 368 g/mol. The molecule has 0 spiro atoms. The second-order valence-corrected chi connectivity index (χ2v) is 8.49. The highest BCUT2D eigenvalue weighted by Gasteiger charge is 2.32. The number of hydrogen-bond acceptors (Lipinski definition) is 4. The molecule has 2 amide bonds. The highest BCUT2D eigenvalue weighted by atomic mass is 32.2. The smallest absolute Gasteiger partial charge is 0.265 e. The molecule has 9 heteroatoms. The van der Waals surface area contributed by atoms with E-state index in [1.807, 2.05) is 25.1 Å². The molecule has 1 aromatic heterocycles. The van der Waals surface area contributed by atoms with Crippen molar-refractivity contribution in [1.29, 1.82) is 0 Å². The van der Waals surface area contributed by atoms with E-state index < -0.39 is 15.9 Å². The molecule has 0 unspecified atom stereocenters. The van der Waals surface area contributed by atoms with E-state index in [1.165, 1.54) is 21.1 Å². The number of piperazine rings is 1. The van der Waals surface area contributed by atoms with Crippen molar-refractivity contribution in [2.24, 2.45) is 12.8 Å². The number of aromatic nitrogens is 1. The summed E-state index contributed by atoms with van der Waals surface area (Å²) in [5.74, 6) is -0.784. The van der Waals surface area contributed by atoms with E-state index in [4.69, 9.17) is 5.73 Å². The Morgan fingerprint density at radius 3 is 2.26 bits per heavy atom. The summed E-state index contributed by atoms with van der Waals surface area (Å²) < 4.78 is 28.4. The lowest BCUT2D eigenvalue weighted by atomic mass is 10.1. The number of carbonyl (C=O) groups excluding carboxylic acids is 2. The quantitative estimate of drug-likeness (QED) is 0.824. The number of sulfonamides is 1. The Labute approximate surface area is 158 Å². The van der Waals surface area contributed by atoms with Crippen molar-refractivity contribution in [1.82, 2.24) is 13.8 Å². The summed E-state index contributed by atoms with van der Waals surface area (Å²) in [7, 11) is -2.19. The maximum absolute atomic E-state index is 12.8. The van der Waals surface area contributed by atoms with Gasteiger partial charge in [-0.05, 0) is 24.6 Å². The lowest BCUT2D eigenvalue weighted by Crippen LogP contribution is -2.50. The van der Waals surface area contributed by atoms with Crippen molar-refractivity contribution in [2.45, 2.75) is 11.8 Å². The summed E-state index contributed by atoms with van der Waals surface area (Å²) >= 11 is 0. The van der Waals surface area contributed by atoms with Crippen molar-refractivity contribution in [3.05, 3.63) is 53.3 Å². The first-order chi connectivity index (χ1) is 12.7. The van der Waals surface area contributed by atoms with Gasteiger partial charge < -0.3 is 15.2 Å². The van der Waals surface area contributed by atoms with Crippen LogP contribution in [0.25, 0.3) is 0 Å². The summed E-state index contributed by atoms with van der Waals surface area (Å²) in [4.78, 5) is 25.7. The van der Waals surface area contributed by atoms with E-state index in [-0.39, 0.29) is 29.6 Å². The molecule has 0 radical (unpaired) electrons. The molecule has 0 bridgehead atoms. The average molecular weight is 390 g/mol. The summed E-state index contributed by atoms with van der Waals surface area (Å²) in [5.41, 5.74) is 6.90. The molecule has 1 aliphatic rings. The Balaban J connectivity index is 1.73. The predicted octanol–water partition coefficient (Wildman–Crippen LogP) is 0.579. The van der Waals surface area contributed by atoms with E-state index in [0.29, 0.717) is 18.7 Å². The van der Waals surface area contributed by atoms with Crippen LogP contribution in [0.1, 0.15) is 26.4 Å². The maximum atomic E-state index is 12.8. The fourth-order valence-electron chi connectivity index (χ4n) is 3.18. The van der Waals surface area contributed by atoms with Crippen LogP contribution in [0, 0.1) is 6.92 Å². The van der Waals surface area contributed by atoms with Crippen LogP contribution in [0.2, 0.25) is 0 Å². The third kappa shape index (κ3) is 3.60. The molecule has 0 atom stereocenters. The third-order valence-electron chi connectivity index (χ3n) is 4.77. The maximum Gasteiger partial charge on any atom is 0.265 e. The van der Waals surface area contributed by atoms with Crippen LogP contribution in [0.5, 0.6) is 0 Å². The zero-order valence-corrected chi connectivity index (χ0v) is 16.1. The normalized spacial score (nSPS) is 15.7. The number of benzene rings is 1. The van der Waals surface area contributed by atoms with Crippen molar-refractivity contribution in [3.63, 3.8) is 0 Å². The largest absolute Gasteiger partial charge is 0.364 e. The molecule has 1 aliphatic heterocycles. The standard InChI is InChI=1S/C18H22N4O4S/c1-13-5-3-4-6-15(13)18(24)21-7-9-22(10-8-21)27(25,26)14-11-16(17(19)23)20(2)12-14/h3-6,11-12H,7-10H2,1-2H3,(H2,19,23). The predicted molar refractivity (Wildman–Crippen MR) is 99.8 cm³/mol. The molecule has 1 aromatic carbocycles. The van der Waals surface area contributed by atoms with Crippen LogP contribution < -0.4 is 5.73 Å². The molecule has 1 fully saturated rings. The number of rotatable bonds is 4. The molecule has 144 valence electrons. The number of nitrogens with two attached hydrogens (primary N) is 1. The Hall–Kier alpha value is -2.65. The molecule has 1 saturated heterocycles. The van der Waals surface area contributed by atoms with E-state index in [2.05, 4.69) is 0 Å². The monoisotopic (exact) mass is 390 g/mol. The first-order valence-corrected chi connectivity index (χ1v) is 9.97. The first-order valence-electron chi connectivity index (χ1n) is 8.53. The van der Waals surface area contributed by atoms with Gasteiger partial charge in [-0.3, -0.25) is 9.59 Å². The minimum Gasteiger partial charge on any atom is -0.364 e. The van der Waals surface area contributed by atoms with E-state index >= 15 is 0 Å². The minimum atomic E-state index is -3.75. The van der Waals surface area contributed by atoms with Crippen LogP contribution in [0.3, 0.4) is 0 Å². The number of primary amides is 1. The fraction of sp³-hybridized carbons (Fsp3) is 0.333. The Kier molecular flexibility index (Phi) is 5.07. The number of nitrogens with zero attached hydrogens (tertiary/aromatic N) is 3. The lowest BCUT2D eigenvalue weighted by molar-refractivity contribution is 0.0697. The highest BCUT2D eigenvalue weighted by Crippen LogP contribution is 2.21. The molecule has 0 saturated carbocycles. The van der Waals surface area contributed by atoms with E-state index in [0.717, 1.165) is 5.56 Å². The zero-order chi connectivity index (χ0) is 19.8. The molecule has 2 heterocycles. The molecule has 27 heavy (non-hydrogen) atoms. The summed E-state index contributed by atoms with van der Waals surface area (Å²) in [5, 5.41) is 0. The van der Waals surface area contributed by atoms with Gasteiger partial charge in [0.05, 0.1) is 0 Å². The van der Waals surface area contributed by atoms with Crippen molar-refractivity contribution >= 4 is 21.8 Å². The van der Waals surface area contributed by atoms with Crippen molar-refractivity contribution in [3.8, 4) is 0 Å². The van der Waals surface area contributed by atoms with Crippen LogP contribution in [0.15, 0.2) is 41.4 Å². The SMILES string of the molecule is Cc1ccccc1C(=O)N1CCN(S(=O)(=O)c2cc(C(N)=O)n(C)c2)CC1. The third-order valence-corrected chi connectivity index (χ3v) is 6.64. The minimum absolute atomic E-state index is 0.0254. The van der Waals surface area contributed by atoms with Gasteiger partial charge in [-0.1, -0.05) is 18.2 Å². The molecule has 2 aromatic rings. The Morgan fingerprint density at radius 2 is 1.70 bits per heavy atom. The van der Waals surface area contributed by atoms with Gasteiger partial charge in [0.2, 0.25) is 10.0 Å². The molecule has 8 nitrogen and oxygen atoms in total. The summed E-state index contributed by atoms with van der Waals surface area (Å²) in [6.45, 7) is 2.88. The van der Waals surface area contributed by atoms with Crippen molar-refractivity contribution in [2.75, 3.05) is 26.2 Å². The van der Waals surface area contributed by atoms with Gasteiger partial charge in [-0.25, -0.2) is 8.42 Å². The average Bonchev–Trinajstić information content (AvgIpc) is 3.04. The number of carbonyl (C=O) groups is 2. The van der Waals surface area contributed by atoms with Gasteiger partial charge in [-0.15, -0.1) is 0 Å². The Bertz CT molecular complexity index is 989. The van der Waals surface area contributed by atoms with E-state index in [1.54, 1.807) is 18.0 Å². The van der Waals surface area contributed by atoms with Gasteiger partial charge in [0.25, 0.3) is 11.8 Å². The molecular formula is C18H22N4O4S. The van der Waals surface area contributed by atoms with Gasteiger partial charge in [-0.2, -0.15) is 4.31 Å². The molecule has 0 aliphatic carbocycles. The molecule has 3 rings (SSSR count). The topological polar surface area (TPSA) is 106 Å². The van der Waals surface area contributed by atoms with Crippen LogP contribution in [-0.2, 0) is 17.1 Å². The van der Waals surface area contributed by atoms with Crippen LogP contribution in [-0.4, -0.2) is 60.2 Å². The fourth-order valence-corrected chi connectivity index (χ4v) is 4.68. The zero-order valence-electron chi connectivity index (χ0n) is 15.3.